The van der Waals surface area contributed by atoms with Crippen LogP contribution in [0.3, 0.4) is 0 Å². The largest absolute Gasteiger partial charge is 0.350 e. The number of carbonyl (C=O) groups excluding carboxylic acids is 1. The minimum Gasteiger partial charge on any atom is -0.350 e. The molecule has 1 aromatic carbocycles. The Kier molecular flexibility index (Phi) is 5.38. The Morgan fingerprint density at radius 2 is 1.79 bits per heavy atom. The van der Waals surface area contributed by atoms with Gasteiger partial charge in [-0.25, -0.2) is 4.98 Å². The van der Waals surface area contributed by atoms with Crippen molar-refractivity contribution >= 4 is 34.8 Å². The molecule has 1 N–H and O–H groups in total. The molecule has 2 aromatic heterocycles. The standard InChI is InChI=1S/C18H17Cl2N3O/c19-14-6-4-13(5-7-14)2-1-3-18(24)21-10-16-12-23-11-15(20)8-9-17(23)22-16/h4-9,11-12H,1-3,10H2,(H,21,24). The predicted octanol–water partition coefficient (Wildman–Crippen LogP) is 4.28. The third kappa shape index (κ3) is 4.49. The zero-order valence-corrected chi connectivity index (χ0v) is 14.5. The number of nitrogens with zero attached hydrogens (tertiary/aromatic N) is 2. The van der Waals surface area contributed by atoms with Crippen LogP contribution in [0.15, 0.2) is 48.8 Å². The van der Waals surface area contributed by atoms with Gasteiger partial charge < -0.3 is 9.72 Å². The molecule has 3 aromatic rings. The molecule has 0 unspecified atom stereocenters. The van der Waals surface area contributed by atoms with Crippen LogP contribution in [-0.4, -0.2) is 15.3 Å². The van der Waals surface area contributed by atoms with Crippen LogP contribution in [0.5, 0.6) is 0 Å². The van der Waals surface area contributed by atoms with E-state index in [1.54, 1.807) is 12.3 Å². The first-order valence-electron chi connectivity index (χ1n) is 7.74. The van der Waals surface area contributed by atoms with Crippen molar-refractivity contribution in [2.75, 3.05) is 0 Å². The highest BCUT2D eigenvalue weighted by atomic mass is 35.5. The van der Waals surface area contributed by atoms with Gasteiger partial charge in [0, 0.05) is 23.8 Å². The smallest absolute Gasteiger partial charge is 0.220 e. The number of fused-ring (bicyclic) bond motifs is 1. The van der Waals surface area contributed by atoms with Gasteiger partial charge in [-0.3, -0.25) is 4.79 Å². The summed E-state index contributed by atoms with van der Waals surface area (Å²) in [6, 6.07) is 11.4. The van der Waals surface area contributed by atoms with Crippen molar-refractivity contribution in [3.8, 4) is 0 Å². The number of rotatable bonds is 6. The Labute approximate surface area is 150 Å². The zero-order chi connectivity index (χ0) is 16.9. The Balaban J connectivity index is 1.45. The number of nitrogens with one attached hydrogen (secondary N) is 1. The fourth-order valence-electron chi connectivity index (χ4n) is 2.48. The molecule has 124 valence electrons. The van der Waals surface area contributed by atoms with Crippen molar-refractivity contribution in [1.29, 1.82) is 0 Å². The molecule has 0 radical (unpaired) electrons. The van der Waals surface area contributed by atoms with Gasteiger partial charge in [0.25, 0.3) is 0 Å². The van der Waals surface area contributed by atoms with Crippen molar-refractivity contribution in [2.45, 2.75) is 25.8 Å². The lowest BCUT2D eigenvalue weighted by Crippen LogP contribution is -2.22. The lowest BCUT2D eigenvalue weighted by atomic mass is 10.1. The number of benzene rings is 1. The van der Waals surface area contributed by atoms with Gasteiger partial charge in [0.05, 0.1) is 17.3 Å². The van der Waals surface area contributed by atoms with E-state index in [1.807, 2.05) is 40.9 Å². The van der Waals surface area contributed by atoms with E-state index < -0.39 is 0 Å². The Morgan fingerprint density at radius 1 is 1.04 bits per heavy atom. The number of carbonyl (C=O) groups is 1. The Morgan fingerprint density at radius 3 is 2.58 bits per heavy atom. The topological polar surface area (TPSA) is 46.4 Å². The monoisotopic (exact) mass is 361 g/mol. The molecule has 0 fully saturated rings. The summed E-state index contributed by atoms with van der Waals surface area (Å²) in [5.41, 5.74) is 2.80. The molecule has 0 aliphatic rings. The van der Waals surface area contributed by atoms with Crippen molar-refractivity contribution in [2.24, 2.45) is 0 Å². The fraction of sp³-hybridized carbons (Fsp3) is 0.222. The van der Waals surface area contributed by atoms with E-state index in [2.05, 4.69) is 10.3 Å². The Hall–Kier alpha value is -2.04. The summed E-state index contributed by atoms with van der Waals surface area (Å²) in [5.74, 6) is 0.0269. The van der Waals surface area contributed by atoms with E-state index in [0.717, 1.165) is 29.2 Å². The molecule has 0 atom stereocenters. The van der Waals surface area contributed by atoms with E-state index in [9.17, 15) is 4.79 Å². The molecule has 24 heavy (non-hydrogen) atoms. The summed E-state index contributed by atoms with van der Waals surface area (Å²) >= 11 is 11.8. The van der Waals surface area contributed by atoms with E-state index in [1.165, 1.54) is 5.56 Å². The van der Waals surface area contributed by atoms with Gasteiger partial charge in [0.15, 0.2) is 0 Å². The van der Waals surface area contributed by atoms with Gasteiger partial charge in [0.1, 0.15) is 5.65 Å². The summed E-state index contributed by atoms with van der Waals surface area (Å²) in [5, 5.41) is 4.28. The summed E-state index contributed by atoms with van der Waals surface area (Å²) in [7, 11) is 0. The van der Waals surface area contributed by atoms with Gasteiger partial charge >= 0.3 is 0 Å². The van der Waals surface area contributed by atoms with Gasteiger partial charge in [-0.1, -0.05) is 35.3 Å². The average molecular weight is 362 g/mol. The molecule has 3 rings (SSSR count). The molecule has 2 heterocycles. The number of halogens is 2. The number of pyridine rings is 1. The number of hydrogen-bond acceptors (Lipinski definition) is 2. The highest BCUT2D eigenvalue weighted by Gasteiger charge is 2.05. The normalized spacial score (nSPS) is 10.9. The first kappa shape index (κ1) is 16.8. The molecule has 0 aliphatic heterocycles. The van der Waals surface area contributed by atoms with Crippen molar-refractivity contribution < 1.29 is 4.79 Å². The molecule has 1 amide bonds. The van der Waals surface area contributed by atoms with E-state index in [0.29, 0.717) is 18.0 Å². The van der Waals surface area contributed by atoms with E-state index >= 15 is 0 Å². The molecule has 0 spiro atoms. The maximum Gasteiger partial charge on any atom is 0.220 e. The predicted molar refractivity (Wildman–Crippen MR) is 96.4 cm³/mol. The summed E-state index contributed by atoms with van der Waals surface area (Å²) < 4.78 is 1.85. The first-order chi connectivity index (χ1) is 11.6. The molecule has 4 nitrogen and oxygen atoms in total. The van der Waals surface area contributed by atoms with Crippen LogP contribution < -0.4 is 5.32 Å². The third-order valence-corrected chi connectivity index (χ3v) is 4.19. The van der Waals surface area contributed by atoms with Gasteiger partial charge in [-0.15, -0.1) is 0 Å². The maximum atomic E-state index is 11.9. The van der Waals surface area contributed by atoms with Gasteiger partial charge in [-0.05, 0) is 42.7 Å². The highest BCUT2D eigenvalue weighted by Crippen LogP contribution is 2.13. The van der Waals surface area contributed by atoms with Crippen LogP contribution in [0.4, 0.5) is 0 Å². The second kappa shape index (κ2) is 7.69. The molecular formula is C18H17Cl2N3O. The van der Waals surface area contributed by atoms with Crippen LogP contribution in [0.25, 0.3) is 5.65 Å². The molecule has 0 aliphatic carbocycles. The molecule has 0 saturated carbocycles. The van der Waals surface area contributed by atoms with Gasteiger partial charge in [0.2, 0.25) is 5.91 Å². The highest BCUT2D eigenvalue weighted by molar-refractivity contribution is 6.30. The maximum absolute atomic E-state index is 11.9. The third-order valence-electron chi connectivity index (χ3n) is 3.71. The first-order valence-corrected chi connectivity index (χ1v) is 8.50. The Bertz CT molecular complexity index is 843. The summed E-state index contributed by atoms with van der Waals surface area (Å²) in [6.45, 7) is 0.416. The SMILES string of the molecule is O=C(CCCc1ccc(Cl)cc1)NCc1cn2cc(Cl)ccc2n1. The van der Waals surface area contributed by atoms with Gasteiger partial charge in [-0.2, -0.15) is 0 Å². The van der Waals surface area contributed by atoms with Crippen LogP contribution in [-0.2, 0) is 17.8 Å². The van der Waals surface area contributed by atoms with Crippen molar-refractivity contribution in [3.05, 3.63) is 70.1 Å². The molecule has 0 bridgehead atoms. The fourth-order valence-corrected chi connectivity index (χ4v) is 2.78. The van der Waals surface area contributed by atoms with Crippen molar-refractivity contribution in [1.82, 2.24) is 14.7 Å². The quantitative estimate of drug-likeness (QED) is 0.712. The lowest BCUT2D eigenvalue weighted by molar-refractivity contribution is -0.121. The van der Waals surface area contributed by atoms with Crippen LogP contribution in [0, 0.1) is 0 Å². The number of imidazole rings is 1. The van der Waals surface area contributed by atoms with Crippen LogP contribution >= 0.6 is 23.2 Å². The number of aromatic nitrogens is 2. The number of amides is 1. The number of aryl methyl sites for hydroxylation is 1. The van der Waals surface area contributed by atoms with E-state index in [-0.39, 0.29) is 5.91 Å². The molecule has 6 heteroatoms. The second-order valence-electron chi connectivity index (χ2n) is 5.60. The van der Waals surface area contributed by atoms with E-state index in [4.69, 9.17) is 23.2 Å². The van der Waals surface area contributed by atoms with Crippen LogP contribution in [0.1, 0.15) is 24.1 Å². The average Bonchev–Trinajstić information content (AvgIpc) is 2.97. The zero-order valence-electron chi connectivity index (χ0n) is 13.0. The van der Waals surface area contributed by atoms with Crippen molar-refractivity contribution in [3.63, 3.8) is 0 Å². The van der Waals surface area contributed by atoms with Crippen LogP contribution in [0.2, 0.25) is 10.0 Å². The summed E-state index contributed by atoms with van der Waals surface area (Å²) in [6.07, 6.45) is 5.81. The molecular weight excluding hydrogens is 345 g/mol. The minimum absolute atomic E-state index is 0.0269. The summed E-state index contributed by atoms with van der Waals surface area (Å²) in [4.78, 5) is 16.4. The second-order valence-corrected chi connectivity index (χ2v) is 6.47. The molecule has 0 saturated heterocycles. The lowest BCUT2D eigenvalue weighted by Gasteiger charge is -2.04. The minimum atomic E-state index is 0.0269. The number of hydrogen-bond donors (Lipinski definition) is 1.